The van der Waals surface area contributed by atoms with E-state index in [0.29, 0.717) is 17.6 Å². The lowest BCUT2D eigenvalue weighted by Gasteiger charge is -2.08. The summed E-state index contributed by atoms with van der Waals surface area (Å²) in [6, 6.07) is 19.5. The van der Waals surface area contributed by atoms with Gasteiger partial charge in [-0.05, 0) is 29.5 Å². The zero-order valence-corrected chi connectivity index (χ0v) is 17.4. The summed E-state index contributed by atoms with van der Waals surface area (Å²) >= 11 is 0. The van der Waals surface area contributed by atoms with Crippen molar-refractivity contribution in [2.75, 3.05) is 0 Å². The van der Waals surface area contributed by atoms with Gasteiger partial charge in [0.15, 0.2) is 0 Å². The Bertz CT molecular complexity index is 1190. The second-order valence-electron chi connectivity index (χ2n) is 7.55. The molecule has 0 radical (unpaired) electrons. The highest BCUT2D eigenvalue weighted by Crippen LogP contribution is 2.21. The normalized spacial score (nSPS) is 11.2. The predicted molar refractivity (Wildman–Crippen MR) is 116 cm³/mol. The van der Waals surface area contributed by atoms with Crippen LogP contribution in [0.1, 0.15) is 43.7 Å². The number of rotatable bonds is 6. The second kappa shape index (κ2) is 8.45. The summed E-state index contributed by atoms with van der Waals surface area (Å²) in [7, 11) is 0. The topological polar surface area (TPSA) is 73.8 Å². The minimum Gasteiger partial charge on any atom is -0.337 e. The Morgan fingerprint density at radius 2 is 1.63 bits per heavy atom. The predicted octanol–water partition coefficient (Wildman–Crippen LogP) is 4.69. The Labute approximate surface area is 175 Å². The van der Waals surface area contributed by atoms with Crippen molar-refractivity contribution < 1.29 is 4.52 Å². The molecule has 0 unspecified atom stereocenters. The van der Waals surface area contributed by atoms with E-state index in [1.807, 2.05) is 36.4 Å². The fourth-order valence-electron chi connectivity index (χ4n) is 3.21. The monoisotopic (exact) mass is 400 g/mol. The van der Waals surface area contributed by atoms with Gasteiger partial charge in [0.1, 0.15) is 6.54 Å². The van der Waals surface area contributed by atoms with E-state index in [1.165, 1.54) is 21.9 Å². The molecule has 0 aliphatic carbocycles. The van der Waals surface area contributed by atoms with Crippen LogP contribution in [0.3, 0.4) is 0 Å². The molecule has 4 rings (SSSR count). The third-order valence-corrected chi connectivity index (χ3v) is 5.11. The summed E-state index contributed by atoms with van der Waals surface area (Å²) < 4.78 is 6.71. The first-order valence-corrected chi connectivity index (χ1v) is 10.1. The van der Waals surface area contributed by atoms with Crippen molar-refractivity contribution in [3.05, 3.63) is 88.0 Å². The van der Waals surface area contributed by atoms with E-state index in [0.717, 1.165) is 23.2 Å². The Morgan fingerprint density at radius 3 is 2.30 bits per heavy atom. The van der Waals surface area contributed by atoms with Gasteiger partial charge in [0.2, 0.25) is 11.7 Å². The molecule has 0 bridgehead atoms. The summed E-state index contributed by atoms with van der Waals surface area (Å²) in [6.45, 7) is 6.55. The maximum Gasteiger partial charge on any atom is 0.267 e. The number of benzene rings is 2. The lowest BCUT2D eigenvalue weighted by Crippen LogP contribution is -2.23. The molecule has 0 amide bonds. The van der Waals surface area contributed by atoms with Crippen LogP contribution in [-0.4, -0.2) is 19.9 Å². The van der Waals surface area contributed by atoms with Crippen molar-refractivity contribution >= 4 is 0 Å². The summed E-state index contributed by atoms with van der Waals surface area (Å²) in [4.78, 5) is 16.7. The number of aryl methyl sites for hydroxylation is 1. The Balaban J connectivity index is 1.57. The quantitative estimate of drug-likeness (QED) is 0.469. The van der Waals surface area contributed by atoms with Crippen LogP contribution < -0.4 is 5.56 Å². The molecule has 2 heterocycles. The van der Waals surface area contributed by atoms with Crippen molar-refractivity contribution in [3.8, 4) is 22.6 Å². The van der Waals surface area contributed by atoms with Crippen LogP contribution in [0.25, 0.3) is 22.6 Å². The van der Waals surface area contributed by atoms with Gasteiger partial charge < -0.3 is 4.52 Å². The zero-order chi connectivity index (χ0) is 21.1. The first-order valence-electron chi connectivity index (χ1n) is 10.1. The molecule has 0 N–H and O–H groups in total. The van der Waals surface area contributed by atoms with Crippen molar-refractivity contribution in [3.63, 3.8) is 0 Å². The van der Waals surface area contributed by atoms with E-state index in [4.69, 9.17) is 4.52 Å². The van der Waals surface area contributed by atoms with Crippen LogP contribution in [0, 0.1) is 0 Å². The zero-order valence-electron chi connectivity index (χ0n) is 17.4. The molecule has 0 saturated carbocycles. The van der Waals surface area contributed by atoms with Gasteiger partial charge in [0.25, 0.3) is 5.56 Å². The Kier molecular flexibility index (Phi) is 5.57. The van der Waals surface area contributed by atoms with E-state index in [2.05, 4.69) is 48.1 Å². The molecule has 2 aromatic heterocycles. The average Bonchev–Trinajstić information content (AvgIpc) is 3.24. The van der Waals surface area contributed by atoms with Gasteiger partial charge in [-0.3, -0.25) is 4.79 Å². The highest BCUT2D eigenvalue weighted by Gasteiger charge is 2.12. The van der Waals surface area contributed by atoms with Gasteiger partial charge >= 0.3 is 0 Å². The molecule has 0 atom stereocenters. The third kappa shape index (κ3) is 4.22. The van der Waals surface area contributed by atoms with Gasteiger partial charge in [-0.1, -0.05) is 74.5 Å². The molecule has 30 heavy (non-hydrogen) atoms. The van der Waals surface area contributed by atoms with E-state index < -0.39 is 0 Å². The van der Waals surface area contributed by atoms with Crippen molar-refractivity contribution in [2.24, 2.45) is 0 Å². The summed E-state index contributed by atoms with van der Waals surface area (Å²) in [5.74, 6) is 1.30. The molecule has 6 nitrogen and oxygen atoms in total. The molecular formula is C24H24N4O2. The van der Waals surface area contributed by atoms with E-state index >= 15 is 0 Å². The highest BCUT2D eigenvalue weighted by molar-refractivity contribution is 5.59. The maximum absolute atomic E-state index is 12.3. The molecule has 0 aliphatic heterocycles. The van der Waals surface area contributed by atoms with Gasteiger partial charge in [-0.25, -0.2) is 4.68 Å². The first-order chi connectivity index (χ1) is 14.5. The fraction of sp³-hybridized carbons (Fsp3) is 0.250. The lowest BCUT2D eigenvalue weighted by atomic mass is 10.0. The molecule has 4 aromatic rings. The Morgan fingerprint density at radius 1 is 0.933 bits per heavy atom. The van der Waals surface area contributed by atoms with Crippen molar-refractivity contribution in [1.29, 1.82) is 0 Å². The average molecular weight is 400 g/mol. The largest absolute Gasteiger partial charge is 0.337 e. The van der Waals surface area contributed by atoms with E-state index in [9.17, 15) is 4.79 Å². The summed E-state index contributed by atoms with van der Waals surface area (Å²) in [6.07, 6.45) is 0.975. The second-order valence-corrected chi connectivity index (χ2v) is 7.55. The van der Waals surface area contributed by atoms with Crippen LogP contribution in [0.4, 0.5) is 0 Å². The minimum atomic E-state index is -0.218. The van der Waals surface area contributed by atoms with E-state index in [1.54, 1.807) is 6.07 Å². The maximum atomic E-state index is 12.3. The molecule has 0 saturated heterocycles. The SMILES string of the molecule is CCc1ccc(-c2noc(Cn3nc(-c4ccc(C(C)C)cc4)ccc3=O)n2)cc1. The molecule has 6 heteroatoms. The van der Waals surface area contributed by atoms with Crippen LogP contribution in [-0.2, 0) is 13.0 Å². The molecule has 152 valence electrons. The first kappa shape index (κ1) is 19.8. The third-order valence-electron chi connectivity index (χ3n) is 5.11. The molecule has 0 spiro atoms. The molecular weight excluding hydrogens is 376 g/mol. The van der Waals surface area contributed by atoms with Gasteiger partial charge in [0.05, 0.1) is 5.69 Å². The standard InChI is InChI=1S/C24H24N4O2/c1-4-17-5-7-20(8-6-17)24-25-22(30-27-24)15-28-23(29)14-13-21(26-28)19-11-9-18(10-12-19)16(2)3/h5-14,16H,4,15H2,1-3H3. The van der Waals surface area contributed by atoms with Crippen molar-refractivity contribution in [2.45, 2.75) is 39.7 Å². The minimum absolute atomic E-state index is 0.122. The van der Waals surface area contributed by atoms with Gasteiger partial charge in [-0.2, -0.15) is 10.1 Å². The number of hydrogen-bond donors (Lipinski definition) is 0. The number of aromatic nitrogens is 4. The fourth-order valence-corrected chi connectivity index (χ4v) is 3.21. The molecule has 0 fully saturated rings. The van der Waals surface area contributed by atoms with Crippen LogP contribution in [0.15, 0.2) is 70.0 Å². The van der Waals surface area contributed by atoms with Crippen LogP contribution >= 0.6 is 0 Å². The summed E-state index contributed by atoms with van der Waals surface area (Å²) in [5.41, 5.74) is 4.84. The van der Waals surface area contributed by atoms with Gasteiger partial charge in [-0.15, -0.1) is 0 Å². The Hall–Kier alpha value is -3.54. The van der Waals surface area contributed by atoms with E-state index in [-0.39, 0.29) is 12.1 Å². The van der Waals surface area contributed by atoms with Crippen LogP contribution in [0.2, 0.25) is 0 Å². The highest BCUT2D eigenvalue weighted by atomic mass is 16.5. The number of hydrogen-bond acceptors (Lipinski definition) is 5. The smallest absolute Gasteiger partial charge is 0.267 e. The number of nitrogens with zero attached hydrogens (tertiary/aromatic N) is 4. The lowest BCUT2D eigenvalue weighted by molar-refractivity contribution is 0.363. The molecule has 2 aromatic carbocycles. The van der Waals surface area contributed by atoms with Crippen LogP contribution in [0.5, 0.6) is 0 Å². The molecule has 0 aliphatic rings. The summed E-state index contributed by atoms with van der Waals surface area (Å²) in [5, 5.41) is 8.54. The van der Waals surface area contributed by atoms with Gasteiger partial charge in [0, 0.05) is 17.2 Å². The van der Waals surface area contributed by atoms with Crippen molar-refractivity contribution in [1.82, 2.24) is 19.9 Å².